The fraction of sp³-hybridized carbons (Fsp3) is 0.533. The van der Waals surface area contributed by atoms with Gasteiger partial charge < -0.3 is 15.7 Å². The molecule has 0 unspecified atom stereocenters. The molecule has 19 heavy (non-hydrogen) atoms. The Morgan fingerprint density at radius 2 is 1.89 bits per heavy atom. The van der Waals surface area contributed by atoms with Gasteiger partial charge in [-0.2, -0.15) is 0 Å². The Kier molecular flexibility index (Phi) is 7.66. The van der Waals surface area contributed by atoms with Gasteiger partial charge in [0.05, 0.1) is 13.2 Å². The van der Waals surface area contributed by atoms with Gasteiger partial charge in [-0.3, -0.25) is 0 Å². The second-order valence-corrected chi connectivity index (χ2v) is 4.40. The van der Waals surface area contributed by atoms with Gasteiger partial charge in [0.1, 0.15) is 0 Å². The molecule has 4 nitrogen and oxygen atoms in total. The van der Waals surface area contributed by atoms with Gasteiger partial charge in [-0.15, -0.1) is 0 Å². The van der Waals surface area contributed by atoms with Crippen molar-refractivity contribution in [2.75, 3.05) is 13.1 Å². The molecular weight excluding hydrogens is 238 g/mol. The third kappa shape index (κ3) is 5.75. The second-order valence-electron chi connectivity index (χ2n) is 4.40. The third-order valence-electron chi connectivity index (χ3n) is 2.86. The van der Waals surface area contributed by atoms with Crippen molar-refractivity contribution in [1.82, 2.24) is 10.6 Å². The van der Waals surface area contributed by atoms with Crippen LogP contribution in [0.15, 0.2) is 29.3 Å². The van der Waals surface area contributed by atoms with Gasteiger partial charge in [0.15, 0.2) is 5.96 Å². The van der Waals surface area contributed by atoms with Crippen molar-refractivity contribution in [3.63, 3.8) is 0 Å². The maximum absolute atomic E-state index is 9.28. The number of aliphatic hydroxyl groups excluding tert-OH is 1. The van der Waals surface area contributed by atoms with Crippen molar-refractivity contribution in [2.45, 2.75) is 39.8 Å². The lowest BCUT2D eigenvalue weighted by Crippen LogP contribution is -2.37. The molecule has 0 aliphatic heterocycles. The number of guanidine groups is 1. The molecule has 0 amide bonds. The highest BCUT2D eigenvalue weighted by Crippen LogP contribution is 2.09. The monoisotopic (exact) mass is 263 g/mol. The van der Waals surface area contributed by atoms with Crippen molar-refractivity contribution >= 4 is 5.96 Å². The average molecular weight is 263 g/mol. The highest BCUT2D eigenvalue weighted by atomic mass is 16.3. The topological polar surface area (TPSA) is 56.7 Å². The van der Waals surface area contributed by atoms with Crippen LogP contribution in [0.3, 0.4) is 0 Å². The molecule has 0 aliphatic carbocycles. The number of unbranched alkanes of at least 4 members (excludes halogenated alkanes) is 1. The molecule has 4 heteroatoms. The Morgan fingerprint density at radius 1 is 1.16 bits per heavy atom. The van der Waals surface area contributed by atoms with Crippen LogP contribution in [-0.4, -0.2) is 24.2 Å². The predicted molar refractivity (Wildman–Crippen MR) is 80.1 cm³/mol. The van der Waals surface area contributed by atoms with E-state index in [1.165, 1.54) is 6.42 Å². The van der Waals surface area contributed by atoms with E-state index < -0.39 is 0 Å². The Labute approximate surface area is 116 Å². The Balaban J connectivity index is 2.62. The van der Waals surface area contributed by atoms with E-state index >= 15 is 0 Å². The molecule has 0 saturated heterocycles. The van der Waals surface area contributed by atoms with Crippen LogP contribution >= 0.6 is 0 Å². The summed E-state index contributed by atoms with van der Waals surface area (Å²) in [6, 6.07) is 7.85. The Bertz CT molecular complexity index is 391. The zero-order chi connectivity index (χ0) is 13.9. The number of benzene rings is 1. The predicted octanol–water partition coefficient (Wildman–Crippen LogP) is 2.03. The SMILES string of the molecule is CCCCNC(=NCc1ccccc1CO)NCC. The molecule has 1 aromatic carbocycles. The summed E-state index contributed by atoms with van der Waals surface area (Å²) >= 11 is 0. The van der Waals surface area contributed by atoms with E-state index in [0.717, 1.165) is 36.6 Å². The molecule has 0 saturated carbocycles. The maximum Gasteiger partial charge on any atom is 0.191 e. The van der Waals surface area contributed by atoms with Crippen molar-refractivity contribution in [3.05, 3.63) is 35.4 Å². The largest absolute Gasteiger partial charge is 0.392 e. The number of rotatable bonds is 7. The maximum atomic E-state index is 9.28. The summed E-state index contributed by atoms with van der Waals surface area (Å²) in [4.78, 5) is 4.55. The van der Waals surface area contributed by atoms with Crippen LogP contribution in [0, 0.1) is 0 Å². The first kappa shape index (κ1) is 15.5. The second kappa shape index (κ2) is 9.39. The van der Waals surface area contributed by atoms with Gasteiger partial charge in [0, 0.05) is 13.1 Å². The summed E-state index contributed by atoms with van der Waals surface area (Å²) < 4.78 is 0. The summed E-state index contributed by atoms with van der Waals surface area (Å²) in [5, 5.41) is 15.8. The standard InChI is InChI=1S/C15H25N3O/c1-3-5-10-17-15(16-4-2)18-11-13-8-6-7-9-14(13)12-19/h6-9,19H,3-5,10-12H2,1-2H3,(H2,16,17,18). The molecule has 0 spiro atoms. The van der Waals surface area contributed by atoms with Gasteiger partial charge in [0.2, 0.25) is 0 Å². The molecule has 0 fully saturated rings. The summed E-state index contributed by atoms with van der Waals surface area (Å²) in [6.07, 6.45) is 2.30. The molecule has 3 N–H and O–H groups in total. The molecule has 1 aromatic rings. The van der Waals surface area contributed by atoms with Gasteiger partial charge in [-0.05, 0) is 24.5 Å². The molecule has 0 radical (unpaired) electrons. The normalized spacial score (nSPS) is 11.4. The lowest BCUT2D eigenvalue weighted by atomic mass is 10.1. The quantitative estimate of drug-likeness (QED) is 0.401. The summed E-state index contributed by atoms with van der Waals surface area (Å²) in [5.41, 5.74) is 2.01. The Morgan fingerprint density at radius 3 is 2.53 bits per heavy atom. The van der Waals surface area contributed by atoms with Crippen molar-refractivity contribution in [3.8, 4) is 0 Å². The number of aliphatic hydroxyl groups is 1. The number of nitrogens with zero attached hydrogens (tertiary/aromatic N) is 1. The summed E-state index contributed by atoms with van der Waals surface area (Å²) in [7, 11) is 0. The van der Waals surface area contributed by atoms with Crippen molar-refractivity contribution in [2.24, 2.45) is 4.99 Å². The molecule has 0 heterocycles. The number of hydrogen-bond acceptors (Lipinski definition) is 2. The molecule has 0 aromatic heterocycles. The van der Waals surface area contributed by atoms with Crippen LogP contribution in [0.5, 0.6) is 0 Å². The van der Waals surface area contributed by atoms with E-state index in [1.54, 1.807) is 0 Å². The van der Waals surface area contributed by atoms with Crippen LogP contribution in [0.2, 0.25) is 0 Å². The minimum Gasteiger partial charge on any atom is -0.392 e. The van der Waals surface area contributed by atoms with Gasteiger partial charge in [0.25, 0.3) is 0 Å². The highest BCUT2D eigenvalue weighted by Gasteiger charge is 2.01. The summed E-state index contributed by atoms with van der Waals surface area (Å²) in [5.74, 6) is 0.837. The number of nitrogens with one attached hydrogen (secondary N) is 2. The molecule has 0 atom stereocenters. The number of hydrogen-bond donors (Lipinski definition) is 3. The van der Waals surface area contributed by atoms with Gasteiger partial charge >= 0.3 is 0 Å². The first-order valence-electron chi connectivity index (χ1n) is 7.01. The first-order chi connectivity index (χ1) is 9.31. The first-order valence-corrected chi connectivity index (χ1v) is 7.01. The van der Waals surface area contributed by atoms with Crippen LogP contribution < -0.4 is 10.6 Å². The molecular formula is C15H25N3O. The Hall–Kier alpha value is -1.55. The van der Waals surface area contributed by atoms with Crippen LogP contribution in [0.1, 0.15) is 37.8 Å². The number of aliphatic imine (C=N–C) groups is 1. The average Bonchev–Trinajstić information content (AvgIpc) is 2.45. The lowest BCUT2D eigenvalue weighted by molar-refractivity contribution is 0.280. The molecule has 1 rings (SSSR count). The molecule has 0 aliphatic rings. The van der Waals surface area contributed by atoms with Gasteiger partial charge in [-0.1, -0.05) is 37.6 Å². The lowest BCUT2D eigenvalue weighted by Gasteiger charge is -2.11. The fourth-order valence-electron chi connectivity index (χ4n) is 1.76. The third-order valence-corrected chi connectivity index (χ3v) is 2.86. The minimum absolute atomic E-state index is 0.0610. The van der Waals surface area contributed by atoms with Gasteiger partial charge in [-0.25, -0.2) is 4.99 Å². The highest BCUT2D eigenvalue weighted by molar-refractivity contribution is 5.79. The molecule has 0 bridgehead atoms. The fourth-order valence-corrected chi connectivity index (χ4v) is 1.76. The smallest absolute Gasteiger partial charge is 0.191 e. The van der Waals surface area contributed by atoms with Crippen LogP contribution in [0.25, 0.3) is 0 Å². The van der Waals surface area contributed by atoms with Crippen LogP contribution in [0.4, 0.5) is 0 Å². The molecule has 106 valence electrons. The summed E-state index contributed by atoms with van der Waals surface area (Å²) in [6.45, 7) is 6.65. The van der Waals surface area contributed by atoms with Crippen molar-refractivity contribution < 1.29 is 5.11 Å². The van der Waals surface area contributed by atoms with Crippen LogP contribution in [-0.2, 0) is 13.2 Å². The minimum atomic E-state index is 0.0610. The van der Waals surface area contributed by atoms with Crippen molar-refractivity contribution in [1.29, 1.82) is 0 Å². The van der Waals surface area contributed by atoms with E-state index in [2.05, 4.69) is 29.5 Å². The van der Waals surface area contributed by atoms with E-state index in [-0.39, 0.29) is 6.61 Å². The zero-order valence-electron chi connectivity index (χ0n) is 11.9. The zero-order valence-corrected chi connectivity index (χ0v) is 11.9. The van der Waals surface area contributed by atoms with E-state index in [0.29, 0.717) is 6.54 Å². The van der Waals surface area contributed by atoms with E-state index in [9.17, 15) is 5.11 Å². The van der Waals surface area contributed by atoms with E-state index in [1.807, 2.05) is 24.3 Å². The van der Waals surface area contributed by atoms with E-state index in [4.69, 9.17) is 0 Å².